The smallest absolute Gasteiger partial charge is 0.124 e. The van der Waals surface area contributed by atoms with Crippen LogP contribution < -0.4 is 11.3 Å². The standard InChI is InChI=1S/C14H13Br2FN2/c15-12-4-2-1-3-11(12)14(19-18)7-9-5-6-10(17)8-13(9)16/h1-6,8,14,19H,7,18H2. The summed E-state index contributed by atoms with van der Waals surface area (Å²) in [5, 5.41) is 0. The lowest BCUT2D eigenvalue weighted by atomic mass is 9.99. The van der Waals surface area contributed by atoms with Crippen LogP contribution in [-0.4, -0.2) is 0 Å². The molecule has 100 valence electrons. The SMILES string of the molecule is NNC(Cc1ccc(F)cc1Br)c1ccccc1Br. The van der Waals surface area contributed by atoms with Crippen LogP contribution in [-0.2, 0) is 6.42 Å². The second kappa shape index (κ2) is 6.61. The molecule has 1 unspecified atom stereocenters. The zero-order valence-electron chi connectivity index (χ0n) is 10.0. The maximum atomic E-state index is 13.1. The summed E-state index contributed by atoms with van der Waals surface area (Å²) in [6, 6.07) is 12.5. The van der Waals surface area contributed by atoms with Crippen molar-refractivity contribution in [2.45, 2.75) is 12.5 Å². The normalized spacial score (nSPS) is 12.4. The molecule has 2 aromatic rings. The molecule has 2 rings (SSSR count). The predicted molar refractivity (Wildman–Crippen MR) is 82.0 cm³/mol. The van der Waals surface area contributed by atoms with E-state index in [4.69, 9.17) is 5.84 Å². The Morgan fingerprint density at radius 1 is 1.11 bits per heavy atom. The third-order valence-electron chi connectivity index (χ3n) is 2.92. The molecule has 2 nitrogen and oxygen atoms in total. The molecule has 0 aliphatic rings. The van der Waals surface area contributed by atoms with Crippen LogP contribution in [0.3, 0.4) is 0 Å². The molecular weight excluding hydrogens is 375 g/mol. The van der Waals surface area contributed by atoms with Gasteiger partial charge >= 0.3 is 0 Å². The van der Waals surface area contributed by atoms with Gasteiger partial charge in [-0.3, -0.25) is 11.3 Å². The minimum absolute atomic E-state index is 0.0441. The van der Waals surface area contributed by atoms with Gasteiger partial charge in [0, 0.05) is 8.95 Å². The summed E-state index contributed by atoms with van der Waals surface area (Å²) in [4.78, 5) is 0. The van der Waals surface area contributed by atoms with Gasteiger partial charge in [0.25, 0.3) is 0 Å². The van der Waals surface area contributed by atoms with Gasteiger partial charge in [0.15, 0.2) is 0 Å². The van der Waals surface area contributed by atoms with Crippen molar-refractivity contribution in [3.63, 3.8) is 0 Å². The van der Waals surface area contributed by atoms with Gasteiger partial charge in [-0.25, -0.2) is 4.39 Å². The van der Waals surface area contributed by atoms with Crippen molar-refractivity contribution in [3.05, 3.63) is 68.4 Å². The highest BCUT2D eigenvalue weighted by Crippen LogP contribution is 2.28. The zero-order chi connectivity index (χ0) is 13.8. The highest BCUT2D eigenvalue weighted by Gasteiger charge is 2.15. The Hall–Kier alpha value is -0.750. The van der Waals surface area contributed by atoms with E-state index in [9.17, 15) is 4.39 Å². The van der Waals surface area contributed by atoms with E-state index in [1.165, 1.54) is 12.1 Å². The molecule has 5 heteroatoms. The Bertz CT molecular complexity index is 575. The van der Waals surface area contributed by atoms with Crippen molar-refractivity contribution in [2.75, 3.05) is 0 Å². The molecular formula is C14H13Br2FN2. The summed E-state index contributed by atoms with van der Waals surface area (Å²) in [5.41, 5.74) is 4.88. The maximum Gasteiger partial charge on any atom is 0.124 e. The third-order valence-corrected chi connectivity index (χ3v) is 4.38. The summed E-state index contributed by atoms with van der Waals surface area (Å²) in [6.45, 7) is 0. The fraction of sp³-hybridized carbons (Fsp3) is 0.143. The van der Waals surface area contributed by atoms with E-state index in [1.54, 1.807) is 6.07 Å². The summed E-state index contributed by atoms with van der Waals surface area (Å²) in [7, 11) is 0. The van der Waals surface area contributed by atoms with E-state index in [2.05, 4.69) is 37.3 Å². The summed E-state index contributed by atoms with van der Waals surface area (Å²) in [6.07, 6.45) is 0.667. The molecule has 0 saturated heterocycles. The van der Waals surface area contributed by atoms with E-state index in [0.717, 1.165) is 20.1 Å². The first-order valence-corrected chi connectivity index (χ1v) is 7.35. The van der Waals surface area contributed by atoms with Crippen LogP contribution >= 0.6 is 31.9 Å². The van der Waals surface area contributed by atoms with E-state index < -0.39 is 0 Å². The summed E-state index contributed by atoms with van der Waals surface area (Å²) >= 11 is 6.89. The first kappa shape index (κ1) is 14.7. The topological polar surface area (TPSA) is 38.0 Å². The van der Waals surface area contributed by atoms with E-state index in [0.29, 0.717) is 6.42 Å². The van der Waals surface area contributed by atoms with Gasteiger partial charge in [0.05, 0.1) is 6.04 Å². The molecule has 0 fully saturated rings. The number of rotatable bonds is 4. The number of benzene rings is 2. The number of nitrogens with one attached hydrogen (secondary N) is 1. The van der Waals surface area contributed by atoms with Crippen molar-refractivity contribution in [1.82, 2.24) is 5.43 Å². The zero-order valence-corrected chi connectivity index (χ0v) is 13.2. The van der Waals surface area contributed by atoms with Gasteiger partial charge in [-0.2, -0.15) is 0 Å². The summed E-state index contributed by atoms with van der Waals surface area (Å²) in [5.74, 6) is 5.39. The largest absolute Gasteiger partial charge is 0.271 e. The number of nitrogens with two attached hydrogens (primary N) is 1. The molecule has 0 radical (unpaired) electrons. The van der Waals surface area contributed by atoms with Crippen molar-refractivity contribution in [2.24, 2.45) is 5.84 Å². The van der Waals surface area contributed by atoms with Crippen LogP contribution in [0, 0.1) is 5.82 Å². The molecule has 0 aromatic heterocycles. The molecule has 0 spiro atoms. The van der Waals surface area contributed by atoms with Gasteiger partial charge in [0.1, 0.15) is 5.82 Å². The fourth-order valence-corrected chi connectivity index (χ4v) is 3.00. The highest BCUT2D eigenvalue weighted by atomic mass is 79.9. The van der Waals surface area contributed by atoms with Crippen LogP contribution in [0.2, 0.25) is 0 Å². The van der Waals surface area contributed by atoms with Crippen LogP contribution in [0.25, 0.3) is 0 Å². The minimum Gasteiger partial charge on any atom is -0.271 e. The van der Waals surface area contributed by atoms with Gasteiger partial charge in [-0.15, -0.1) is 0 Å². The second-order valence-corrected chi connectivity index (χ2v) is 5.89. The van der Waals surface area contributed by atoms with Gasteiger partial charge in [0.2, 0.25) is 0 Å². The predicted octanol–water partition coefficient (Wildman–Crippen LogP) is 4.10. The molecule has 0 aliphatic heterocycles. The molecule has 2 aromatic carbocycles. The molecule has 0 bridgehead atoms. The Morgan fingerprint density at radius 3 is 2.47 bits per heavy atom. The van der Waals surface area contributed by atoms with Crippen molar-refractivity contribution in [1.29, 1.82) is 0 Å². The van der Waals surface area contributed by atoms with E-state index in [-0.39, 0.29) is 11.9 Å². The Morgan fingerprint density at radius 2 is 1.84 bits per heavy atom. The van der Waals surface area contributed by atoms with Crippen LogP contribution in [0.15, 0.2) is 51.4 Å². The lowest BCUT2D eigenvalue weighted by Gasteiger charge is -2.18. The fourth-order valence-electron chi connectivity index (χ4n) is 1.92. The molecule has 0 saturated carbocycles. The number of hydrazine groups is 1. The van der Waals surface area contributed by atoms with Crippen LogP contribution in [0.4, 0.5) is 4.39 Å². The average Bonchev–Trinajstić information content (AvgIpc) is 2.39. The van der Waals surface area contributed by atoms with Crippen LogP contribution in [0.5, 0.6) is 0 Å². The Labute approximate surface area is 128 Å². The first-order chi connectivity index (χ1) is 9.11. The van der Waals surface area contributed by atoms with Crippen molar-refractivity contribution >= 4 is 31.9 Å². The quantitative estimate of drug-likeness (QED) is 0.612. The van der Waals surface area contributed by atoms with Crippen molar-refractivity contribution < 1.29 is 4.39 Å². The molecule has 0 amide bonds. The third kappa shape index (κ3) is 3.63. The maximum absolute atomic E-state index is 13.1. The lowest BCUT2D eigenvalue weighted by Crippen LogP contribution is -2.30. The molecule has 0 aliphatic carbocycles. The Balaban J connectivity index is 2.27. The van der Waals surface area contributed by atoms with Gasteiger partial charge < -0.3 is 0 Å². The van der Waals surface area contributed by atoms with Crippen LogP contribution in [0.1, 0.15) is 17.2 Å². The number of hydrogen-bond acceptors (Lipinski definition) is 2. The molecule has 0 heterocycles. The minimum atomic E-state index is -0.256. The van der Waals surface area contributed by atoms with Gasteiger partial charge in [-0.05, 0) is 35.7 Å². The number of halogens is 3. The molecule has 19 heavy (non-hydrogen) atoms. The second-order valence-electron chi connectivity index (χ2n) is 4.18. The monoisotopic (exact) mass is 386 g/mol. The highest BCUT2D eigenvalue weighted by molar-refractivity contribution is 9.10. The van der Waals surface area contributed by atoms with Crippen molar-refractivity contribution in [3.8, 4) is 0 Å². The average molecular weight is 388 g/mol. The Kier molecular flexibility index (Phi) is 5.10. The van der Waals surface area contributed by atoms with Gasteiger partial charge in [-0.1, -0.05) is 56.1 Å². The summed E-state index contributed by atoms with van der Waals surface area (Å²) < 4.78 is 14.8. The van der Waals surface area contributed by atoms with E-state index >= 15 is 0 Å². The molecule has 1 atom stereocenters. The first-order valence-electron chi connectivity index (χ1n) is 5.76. The van der Waals surface area contributed by atoms with E-state index in [1.807, 2.05) is 24.3 Å². The number of hydrogen-bond donors (Lipinski definition) is 2. The lowest BCUT2D eigenvalue weighted by molar-refractivity contribution is 0.548. The molecule has 3 N–H and O–H groups in total.